The Hall–Kier alpha value is -2.11. The topological polar surface area (TPSA) is 78.9 Å². The Bertz CT molecular complexity index is 835. The molecule has 0 radical (unpaired) electrons. The van der Waals surface area contributed by atoms with Crippen molar-refractivity contribution in [3.8, 4) is 0 Å². The highest BCUT2D eigenvalue weighted by Crippen LogP contribution is 2.15. The summed E-state index contributed by atoms with van der Waals surface area (Å²) >= 11 is 0. The van der Waals surface area contributed by atoms with Gasteiger partial charge in [0, 0.05) is 19.3 Å². The van der Waals surface area contributed by atoms with Crippen molar-refractivity contribution in [3.05, 3.63) is 24.3 Å². The molecule has 0 spiro atoms. The predicted molar refractivity (Wildman–Crippen MR) is 215 cm³/mol. The molecular formula is C45H82O6. The van der Waals surface area contributed by atoms with Gasteiger partial charge in [-0.15, -0.1) is 0 Å². The van der Waals surface area contributed by atoms with Crippen LogP contribution in [0, 0.1) is 0 Å². The van der Waals surface area contributed by atoms with Crippen LogP contribution in [-0.2, 0) is 28.6 Å². The third-order valence-electron chi connectivity index (χ3n) is 9.46. The van der Waals surface area contributed by atoms with Crippen molar-refractivity contribution in [1.82, 2.24) is 0 Å². The normalized spacial score (nSPS) is 12.1. The SMILES string of the molecule is CCCC/C=C\C/C=C\CCCCCCCC(=O)OCC(COC(=O)CCCCCCC)OC(=O)CCCCCCCCCCCCCCCC. The fourth-order valence-corrected chi connectivity index (χ4v) is 6.10. The molecule has 6 heteroatoms. The summed E-state index contributed by atoms with van der Waals surface area (Å²) in [4.78, 5) is 37.4. The Morgan fingerprint density at radius 2 is 0.725 bits per heavy atom. The summed E-state index contributed by atoms with van der Waals surface area (Å²) in [5.41, 5.74) is 0. The predicted octanol–water partition coefficient (Wildman–Crippen LogP) is 13.6. The van der Waals surface area contributed by atoms with E-state index in [2.05, 4.69) is 45.1 Å². The van der Waals surface area contributed by atoms with Gasteiger partial charge in [0.1, 0.15) is 13.2 Å². The fourth-order valence-electron chi connectivity index (χ4n) is 6.10. The molecule has 0 aliphatic carbocycles. The third kappa shape index (κ3) is 38.9. The molecule has 298 valence electrons. The van der Waals surface area contributed by atoms with E-state index in [1.807, 2.05) is 0 Å². The van der Waals surface area contributed by atoms with Gasteiger partial charge in [0.25, 0.3) is 0 Å². The lowest BCUT2D eigenvalue weighted by Crippen LogP contribution is -2.30. The molecule has 0 saturated heterocycles. The van der Waals surface area contributed by atoms with Gasteiger partial charge in [0.05, 0.1) is 0 Å². The first-order chi connectivity index (χ1) is 25.0. The quantitative estimate of drug-likeness (QED) is 0.0272. The lowest BCUT2D eigenvalue weighted by atomic mass is 10.0. The van der Waals surface area contributed by atoms with Crippen molar-refractivity contribution in [1.29, 1.82) is 0 Å². The number of esters is 3. The average Bonchev–Trinajstić information content (AvgIpc) is 3.12. The Kier molecular flexibility index (Phi) is 39.0. The Morgan fingerprint density at radius 3 is 1.14 bits per heavy atom. The van der Waals surface area contributed by atoms with Crippen LogP contribution in [0.5, 0.6) is 0 Å². The molecule has 0 aromatic rings. The van der Waals surface area contributed by atoms with Crippen molar-refractivity contribution in [2.45, 2.75) is 232 Å². The zero-order valence-corrected chi connectivity index (χ0v) is 33.9. The largest absolute Gasteiger partial charge is 0.462 e. The average molecular weight is 719 g/mol. The van der Waals surface area contributed by atoms with Crippen LogP contribution in [0.3, 0.4) is 0 Å². The second-order valence-corrected chi connectivity index (χ2v) is 14.6. The summed E-state index contributed by atoms with van der Waals surface area (Å²) in [6.45, 7) is 6.50. The minimum absolute atomic E-state index is 0.0743. The fraction of sp³-hybridized carbons (Fsp3) is 0.844. The van der Waals surface area contributed by atoms with Crippen LogP contribution in [0.2, 0.25) is 0 Å². The number of hydrogen-bond donors (Lipinski definition) is 0. The van der Waals surface area contributed by atoms with E-state index >= 15 is 0 Å². The summed E-state index contributed by atoms with van der Waals surface area (Å²) < 4.78 is 16.6. The highest BCUT2D eigenvalue weighted by molar-refractivity contribution is 5.71. The number of unbranched alkanes of at least 4 members (excludes halogenated alkanes) is 24. The number of carbonyl (C=O) groups is 3. The molecule has 0 fully saturated rings. The molecule has 0 bridgehead atoms. The van der Waals surface area contributed by atoms with Crippen LogP contribution in [-0.4, -0.2) is 37.2 Å². The lowest BCUT2D eigenvalue weighted by molar-refractivity contribution is -0.167. The summed E-state index contributed by atoms with van der Waals surface area (Å²) in [5, 5.41) is 0. The van der Waals surface area contributed by atoms with Gasteiger partial charge in [0.15, 0.2) is 6.10 Å². The molecule has 0 N–H and O–H groups in total. The van der Waals surface area contributed by atoms with Crippen LogP contribution >= 0.6 is 0 Å². The molecule has 0 saturated carbocycles. The summed E-state index contributed by atoms with van der Waals surface area (Å²) in [6, 6.07) is 0. The Labute approximate surface area is 315 Å². The van der Waals surface area contributed by atoms with E-state index in [4.69, 9.17) is 14.2 Å². The first-order valence-electron chi connectivity index (χ1n) is 21.8. The second kappa shape index (κ2) is 40.7. The molecule has 0 aliphatic rings. The number of rotatable bonds is 39. The molecule has 1 unspecified atom stereocenters. The number of allylic oxidation sites excluding steroid dienone is 4. The van der Waals surface area contributed by atoms with E-state index in [0.717, 1.165) is 83.5 Å². The second-order valence-electron chi connectivity index (χ2n) is 14.6. The van der Waals surface area contributed by atoms with Gasteiger partial charge in [0.2, 0.25) is 0 Å². The standard InChI is InChI=1S/C45H82O6/c1-4-7-10-13-15-17-19-21-23-25-27-29-32-35-38-44(47)50-41-42(40-49-43(46)37-34-31-12-9-6-3)51-45(48)39-36-33-30-28-26-24-22-20-18-16-14-11-8-5-2/h13,15,19,21,42H,4-12,14,16-18,20,22-41H2,1-3H3/b15-13-,21-19-. The lowest BCUT2D eigenvalue weighted by Gasteiger charge is -2.18. The van der Waals surface area contributed by atoms with Crippen molar-refractivity contribution in [2.24, 2.45) is 0 Å². The van der Waals surface area contributed by atoms with Crippen molar-refractivity contribution in [2.75, 3.05) is 13.2 Å². The van der Waals surface area contributed by atoms with E-state index in [1.54, 1.807) is 0 Å². The minimum Gasteiger partial charge on any atom is -0.462 e. The smallest absolute Gasteiger partial charge is 0.306 e. The molecule has 0 aliphatic heterocycles. The van der Waals surface area contributed by atoms with Crippen LogP contribution < -0.4 is 0 Å². The maximum absolute atomic E-state index is 12.6. The maximum Gasteiger partial charge on any atom is 0.306 e. The number of hydrogen-bond acceptors (Lipinski definition) is 6. The molecule has 1 atom stereocenters. The van der Waals surface area contributed by atoms with Gasteiger partial charge in [-0.05, 0) is 44.9 Å². The van der Waals surface area contributed by atoms with Crippen molar-refractivity contribution >= 4 is 17.9 Å². The van der Waals surface area contributed by atoms with E-state index < -0.39 is 6.10 Å². The van der Waals surface area contributed by atoms with Crippen LogP contribution in [0.15, 0.2) is 24.3 Å². The van der Waals surface area contributed by atoms with Gasteiger partial charge in [-0.1, -0.05) is 186 Å². The third-order valence-corrected chi connectivity index (χ3v) is 9.46. The molecule has 51 heavy (non-hydrogen) atoms. The number of carbonyl (C=O) groups excluding carboxylic acids is 3. The first-order valence-corrected chi connectivity index (χ1v) is 21.8. The van der Waals surface area contributed by atoms with E-state index in [1.165, 1.54) is 103 Å². The molecule has 6 nitrogen and oxygen atoms in total. The monoisotopic (exact) mass is 719 g/mol. The van der Waals surface area contributed by atoms with Crippen LogP contribution in [0.4, 0.5) is 0 Å². The Balaban J connectivity index is 4.25. The molecule has 0 amide bonds. The number of ether oxygens (including phenoxy) is 3. The zero-order chi connectivity index (χ0) is 37.3. The van der Waals surface area contributed by atoms with Gasteiger partial charge < -0.3 is 14.2 Å². The van der Waals surface area contributed by atoms with Crippen LogP contribution in [0.25, 0.3) is 0 Å². The first kappa shape index (κ1) is 48.9. The summed E-state index contributed by atoms with van der Waals surface area (Å²) in [6.07, 6.45) is 43.3. The van der Waals surface area contributed by atoms with Crippen molar-refractivity contribution in [3.63, 3.8) is 0 Å². The van der Waals surface area contributed by atoms with E-state index in [-0.39, 0.29) is 31.1 Å². The van der Waals surface area contributed by atoms with Crippen molar-refractivity contribution < 1.29 is 28.6 Å². The minimum atomic E-state index is -0.767. The zero-order valence-electron chi connectivity index (χ0n) is 33.9. The van der Waals surface area contributed by atoms with Crippen LogP contribution in [0.1, 0.15) is 226 Å². The molecule has 0 heterocycles. The highest BCUT2D eigenvalue weighted by Gasteiger charge is 2.19. The maximum atomic E-state index is 12.6. The van der Waals surface area contributed by atoms with Gasteiger partial charge >= 0.3 is 17.9 Å². The molecular weight excluding hydrogens is 636 g/mol. The Morgan fingerprint density at radius 1 is 0.392 bits per heavy atom. The molecule has 0 aromatic carbocycles. The van der Waals surface area contributed by atoms with E-state index in [9.17, 15) is 14.4 Å². The highest BCUT2D eigenvalue weighted by atomic mass is 16.6. The molecule has 0 rings (SSSR count). The summed E-state index contributed by atoms with van der Waals surface area (Å²) in [7, 11) is 0. The van der Waals surface area contributed by atoms with Gasteiger partial charge in [-0.3, -0.25) is 14.4 Å². The molecule has 0 aromatic heterocycles. The van der Waals surface area contributed by atoms with Gasteiger partial charge in [-0.2, -0.15) is 0 Å². The van der Waals surface area contributed by atoms with Gasteiger partial charge in [-0.25, -0.2) is 0 Å². The van der Waals surface area contributed by atoms with E-state index in [0.29, 0.717) is 19.3 Å². The summed E-state index contributed by atoms with van der Waals surface area (Å²) in [5.74, 6) is -0.898.